The third-order valence-electron chi connectivity index (χ3n) is 3.25. The van der Waals surface area contributed by atoms with Crippen molar-refractivity contribution in [3.05, 3.63) is 58.7 Å². The monoisotopic (exact) mass is 474 g/mol. The zero-order valence-electron chi connectivity index (χ0n) is 14.5. The smallest absolute Gasteiger partial charge is 0.218 e. The molecule has 136 valence electrons. The Kier molecular flexibility index (Phi) is 10.3. The average Bonchev–Trinajstić information content (AvgIpc) is 2.60. The van der Waals surface area contributed by atoms with E-state index in [1.807, 2.05) is 50.2 Å². The van der Waals surface area contributed by atoms with Gasteiger partial charge in [0.05, 0.1) is 13.2 Å². The summed E-state index contributed by atoms with van der Waals surface area (Å²) in [5, 5.41) is 7.28. The molecule has 0 atom stereocenters. The Morgan fingerprint density at radius 2 is 1.92 bits per heavy atom. The highest BCUT2D eigenvalue weighted by molar-refractivity contribution is 14.0. The maximum Gasteiger partial charge on any atom is 0.218 e. The Bertz CT molecular complexity index is 664. The Morgan fingerprint density at radius 1 is 1.16 bits per heavy atom. The molecule has 25 heavy (non-hydrogen) atoms. The number of aromatic nitrogens is 1. The van der Waals surface area contributed by atoms with Gasteiger partial charge in [0.15, 0.2) is 5.96 Å². The van der Waals surface area contributed by atoms with E-state index in [9.17, 15) is 0 Å². The number of benzene rings is 1. The Morgan fingerprint density at radius 3 is 2.60 bits per heavy atom. The van der Waals surface area contributed by atoms with E-state index in [0.29, 0.717) is 25.6 Å². The van der Waals surface area contributed by atoms with Crippen LogP contribution >= 0.6 is 35.6 Å². The summed E-state index contributed by atoms with van der Waals surface area (Å²) in [7, 11) is 0. The highest BCUT2D eigenvalue weighted by Crippen LogP contribution is 2.14. The molecule has 0 amide bonds. The van der Waals surface area contributed by atoms with Crippen LogP contribution in [-0.4, -0.2) is 24.1 Å². The zero-order chi connectivity index (χ0) is 17.2. The molecule has 0 aliphatic heterocycles. The van der Waals surface area contributed by atoms with Crippen LogP contribution in [0.3, 0.4) is 0 Å². The number of halogens is 2. The molecule has 5 nitrogen and oxygen atoms in total. The number of nitrogens with one attached hydrogen (secondary N) is 2. The normalized spacial score (nSPS) is 10.8. The van der Waals surface area contributed by atoms with Gasteiger partial charge in [-0.2, -0.15) is 0 Å². The van der Waals surface area contributed by atoms with E-state index in [2.05, 4.69) is 20.6 Å². The predicted molar refractivity (Wildman–Crippen MR) is 114 cm³/mol. The minimum atomic E-state index is 0. The van der Waals surface area contributed by atoms with Crippen molar-refractivity contribution < 1.29 is 4.74 Å². The van der Waals surface area contributed by atoms with Gasteiger partial charge in [-0.25, -0.2) is 9.98 Å². The van der Waals surface area contributed by atoms with E-state index in [1.165, 1.54) is 0 Å². The fraction of sp³-hybridized carbons (Fsp3) is 0.333. The fourth-order valence-corrected chi connectivity index (χ4v) is 2.23. The summed E-state index contributed by atoms with van der Waals surface area (Å²) in [6.07, 6.45) is 1.73. The van der Waals surface area contributed by atoms with Crippen molar-refractivity contribution in [1.82, 2.24) is 15.6 Å². The molecule has 0 saturated heterocycles. The molecule has 0 fully saturated rings. The quantitative estimate of drug-likeness (QED) is 0.362. The molecule has 0 unspecified atom stereocenters. The number of guanidine groups is 1. The molecule has 0 bridgehead atoms. The average molecular weight is 475 g/mol. The van der Waals surface area contributed by atoms with Crippen LogP contribution in [0.4, 0.5) is 0 Å². The number of rotatable bonds is 7. The Labute approximate surface area is 171 Å². The van der Waals surface area contributed by atoms with Gasteiger partial charge in [-0.15, -0.1) is 24.0 Å². The first-order valence-corrected chi connectivity index (χ1v) is 8.44. The molecule has 0 aliphatic rings. The van der Waals surface area contributed by atoms with Gasteiger partial charge >= 0.3 is 0 Å². The molecular weight excluding hydrogens is 451 g/mol. The van der Waals surface area contributed by atoms with Crippen LogP contribution in [0.2, 0.25) is 5.02 Å². The van der Waals surface area contributed by atoms with Crippen LogP contribution in [0.25, 0.3) is 0 Å². The molecule has 2 aromatic rings. The molecule has 0 aliphatic carbocycles. The Balaban J connectivity index is 0.00000312. The van der Waals surface area contributed by atoms with Crippen molar-refractivity contribution in [3.8, 4) is 5.88 Å². The molecule has 0 radical (unpaired) electrons. The second kappa shape index (κ2) is 11.9. The summed E-state index contributed by atoms with van der Waals surface area (Å²) in [5.41, 5.74) is 2.10. The number of ether oxygens (including phenoxy) is 1. The first kappa shape index (κ1) is 21.5. The highest BCUT2D eigenvalue weighted by Gasteiger charge is 2.05. The van der Waals surface area contributed by atoms with Gasteiger partial charge in [0.1, 0.15) is 0 Å². The summed E-state index contributed by atoms with van der Waals surface area (Å²) in [6.45, 7) is 6.54. The van der Waals surface area contributed by atoms with Crippen molar-refractivity contribution >= 4 is 41.5 Å². The van der Waals surface area contributed by atoms with Crippen LogP contribution in [0.5, 0.6) is 5.88 Å². The van der Waals surface area contributed by atoms with Crippen LogP contribution in [0.1, 0.15) is 25.0 Å². The van der Waals surface area contributed by atoms with Gasteiger partial charge in [0.25, 0.3) is 0 Å². The summed E-state index contributed by atoms with van der Waals surface area (Å²) in [4.78, 5) is 8.85. The summed E-state index contributed by atoms with van der Waals surface area (Å²) in [6, 6.07) is 11.6. The van der Waals surface area contributed by atoms with E-state index >= 15 is 0 Å². The maximum absolute atomic E-state index is 5.90. The summed E-state index contributed by atoms with van der Waals surface area (Å²) >= 11 is 5.90. The van der Waals surface area contributed by atoms with E-state index in [4.69, 9.17) is 16.3 Å². The third-order valence-corrected chi connectivity index (χ3v) is 3.51. The standard InChI is InChI=1S/C18H23ClN4O.HI/c1-3-20-18(22-12-14-7-9-16(19)10-8-14)23-13-15-6-5-11-21-17(15)24-4-2;/h5-11H,3-4,12-13H2,1-2H3,(H2,20,22,23);1H. The lowest BCUT2D eigenvalue weighted by Crippen LogP contribution is -2.36. The first-order chi connectivity index (χ1) is 11.7. The van der Waals surface area contributed by atoms with Gasteiger partial charge in [-0.3, -0.25) is 0 Å². The first-order valence-electron chi connectivity index (χ1n) is 8.06. The van der Waals surface area contributed by atoms with Crippen molar-refractivity contribution in [2.75, 3.05) is 13.2 Å². The van der Waals surface area contributed by atoms with Crippen molar-refractivity contribution in [2.45, 2.75) is 26.9 Å². The van der Waals surface area contributed by atoms with Gasteiger partial charge in [0.2, 0.25) is 5.88 Å². The summed E-state index contributed by atoms with van der Waals surface area (Å²) < 4.78 is 5.55. The predicted octanol–water partition coefficient (Wildman–Crippen LogP) is 4.01. The van der Waals surface area contributed by atoms with Gasteiger partial charge < -0.3 is 15.4 Å². The Hall–Kier alpha value is -1.54. The van der Waals surface area contributed by atoms with Gasteiger partial charge in [0, 0.05) is 29.9 Å². The molecule has 1 aromatic heterocycles. The summed E-state index contributed by atoms with van der Waals surface area (Å²) in [5.74, 6) is 1.40. The number of nitrogens with zero attached hydrogens (tertiary/aromatic N) is 2. The van der Waals surface area contributed by atoms with Gasteiger partial charge in [-0.1, -0.05) is 29.8 Å². The topological polar surface area (TPSA) is 58.5 Å². The van der Waals surface area contributed by atoms with Crippen LogP contribution in [0.15, 0.2) is 47.6 Å². The molecule has 0 saturated carbocycles. The molecule has 0 spiro atoms. The maximum atomic E-state index is 5.90. The third kappa shape index (κ3) is 7.48. The van der Waals surface area contributed by atoms with Crippen molar-refractivity contribution in [2.24, 2.45) is 4.99 Å². The lowest BCUT2D eigenvalue weighted by molar-refractivity contribution is 0.322. The molecule has 1 aromatic carbocycles. The van der Waals surface area contributed by atoms with Crippen LogP contribution < -0.4 is 15.4 Å². The van der Waals surface area contributed by atoms with Crippen LogP contribution in [-0.2, 0) is 13.1 Å². The minimum Gasteiger partial charge on any atom is -0.478 e. The van der Waals surface area contributed by atoms with Gasteiger partial charge in [-0.05, 0) is 37.6 Å². The second-order valence-electron chi connectivity index (χ2n) is 5.08. The lowest BCUT2D eigenvalue weighted by Gasteiger charge is -2.13. The highest BCUT2D eigenvalue weighted by atomic mass is 127. The van der Waals surface area contributed by atoms with E-state index in [-0.39, 0.29) is 24.0 Å². The van der Waals surface area contributed by atoms with E-state index in [1.54, 1.807) is 6.20 Å². The van der Waals surface area contributed by atoms with Crippen molar-refractivity contribution in [3.63, 3.8) is 0 Å². The second-order valence-corrected chi connectivity index (χ2v) is 5.51. The van der Waals surface area contributed by atoms with E-state index < -0.39 is 0 Å². The molecule has 2 N–H and O–H groups in total. The SMILES string of the molecule is CCNC(=NCc1ccc(Cl)cc1)NCc1cccnc1OCC.I. The number of aliphatic imine (C=N–C) groups is 1. The van der Waals surface area contributed by atoms with E-state index in [0.717, 1.165) is 28.7 Å². The van der Waals surface area contributed by atoms with Crippen LogP contribution in [0, 0.1) is 0 Å². The molecular formula is C18H24ClIN4O. The number of pyridine rings is 1. The largest absolute Gasteiger partial charge is 0.478 e. The molecule has 2 rings (SSSR count). The molecule has 1 heterocycles. The molecule has 7 heteroatoms. The zero-order valence-corrected chi connectivity index (χ0v) is 17.5. The minimum absolute atomic E-state index is 0. The number of hydrogen-bond acceptors (Lipinski definition) is 3. The fourth-order valence-electron chi connectivity index (χ4n) is 2.11. The van der Waals surface area contributed by atoms with Crippen molar-refractivity contribution in [1.29, 1.82) is 0 Å². The lowest BCUT2D eigenvalue weighted by atomic mass is 10.2. The number of hydrogen-bond donors (Lipinski definition) is 2.